The Morgan fingerprint density at radius 1 is 0.846 bits per heavy atom. The second-order valence-electron chi connectivity index (χ2n) is 6.96. The van der Waals surface area contributed by atoms with Crippen molar-refractivity contribution in [3.63, 3.8) is 0 Å². The van der Waals surface area contributed by atoms with Crippen LogP contribution in [0.3, 0.4) is 0 Å². The highest BCUT2D eigenvalue weighted by Crippen LogP contribution is 2.18. The number of nitrogens with zero attached hydrogens (tertiary/aromatic N) is 2. The molecule has 0 aliphatic heterocycles. The molecule has 26 heavy (non-hydrogen) atoms. The highest BCUT2D eigenvalue weighted by Gasteiger charge is 2.10. The van der Waals surface area contributed by atoms with Crippen molar-refractivity contribution < 1.29 is 8.83 Å². The van der Waals surface area contributed by atoms with Gasteiger partial charge in [-0.05, 0) is 44.2 Å². The maximum atomic E-state index is 5.61. The van der Waals surface area contributed by atoms with Gasteiger partial charge in [0.05, 0.1) is 6.26 Å². The number of unbranched alkanes of at least 4 members (excludes halogenated alkanes) is 10. The summed E-state index contributed by atoms with van der Waals surface area (Å²) < 4.78 is 10.9. The van der Waals surface area contributed by atoms with Gasteiger partial charge in [-0.2, -0.15) is 0 Å². The highest BCUT2D eigenvalue weighted by atomic mass is 16.4. The van der Waals surface area contributed by atoms with E-state index in [1.54, 1.807) is 6.26 Å². The molecule has 2 aromatic rings. The first kappa shape index (κ1) is 20.5. The van der Waals surface area contributed by atoms with Crippen molar-refractivity contribution in [1.29, 1.82) is 0 Å². The summed E-state index contributed by atoms with van der Waals surface area (Å²) in [5.74, 6) is 1.81. The lowest BCUT2D eigenvalue weighted by atomic mass is 10.1. The van der Waals surface area contributed by atoms with Gasteiger partial charge in [-0.1, -0.05) is 64.0 Å². The van der Waals surface area contributed by atoms with Crippen molar-refractivity contribution in [2.24, 2.45) is 0 Å². The van der Waals surface area contributed by atoms with Crippen LogP contribution in [0.4, 0.5) is 0 Å². The summed E-state index contributed by atoms with van der Waals surface area (Å²) in [6.45, 7) is 2.27. The Hall–Kier alpha value is -1.84. The molecule has 0 aromatic carbocycles. The lowest BCUT2D eigenvalue weighted by molar-refractivity contribution is 0.469. The maximum Gasteiger partial charge on any atom is 0.283 e. The van der Waals surface area contributed by atoms with Crippen LogP contribution in [0, 0.1) is 0 Å². The van der Waals surface area contributed by atoms with Gasteiger partial charge in [0.25, 0.3) is 5.89 Å². The van der Waals surface area contributed by atoms with E-state index in [0.717, 1.165) is 12.8 Å². The molecule has 0 amide bonds. The maximum absolute atomic E-state index is 5.61. The number of aromatic nitrogens is 2. The second-order valence-corrected chi connectivity index (χ2v) is 6.96. The molecule has 0 fully saturated rings. The Morgan fingerprint density at radius 2 is 1.54 bits per heavy atom. The minimum absolute atomic E-state index is 0.473. The predicted molar refractivity (Wildman–Crippen MR) is 106 cm³/mol. The van der Waals surface area contributed by atoms with E-state index >= 15 is 0 Å². The molecule has 2 rings (SSSR count). The minimum atomic E-state index is 0.473. The van der Waals surface area contributed by atoms with Crippen molar-refractivity contribution in [2.75, 3.05) is 0 Å². The highest BCUT2D eigenvalue weighted by molar-refractivity contribution is 5.42. The molecule has 0 bridgehead atoms. The predicted octanol–water partition coefficient (Wildman–Crippen LogP) is 7.13. The fourth-order valence-corrected chi connectivity index (χ4v) is 3.02. The first-order valence-electron chi connectivity index (χ1n) is 10.4. The molecule has 2 aromatic heterocycles. The van der Waals surface area contributed by atoms with Gasteiger partial charge in [0.15, 0.2) is 5.76 Å². The number of aryl methyl sites for hydroxylation is 1. The van der Waals surface area contributed by atoms with Crippen molar-refractivity contribution in [1.82, 2.24) is 10.2 Å². The number of hydrogen-bond acceptors (Lipinski definition) is 4. The average molecular weight is 359 g/mol. The molecule has 0 spiro atoms. The second kappa shape index (κ2) is 13.4. The summed E-state index contributed by atoms with van der Waals surface area (Å²) in [5, 5.41) is 8.11. The molecule has 0 saturated carbocycles. The third-order valence-corrected chi connectivity index (χ3v) is 4.60. The fraction of sp³-hybridized carbons (Fsp3) is 0.636. The average Bonchev–Trinajstić information content (AvgIpc) is 3.33. The summed E-state index contributed by atoms with van der Waals surface area (Å²) in [6, 6.07) is 3.65. The summed E-state index contributed by atoms with van der Waals surface area (Å²) in [6.07, 6.45) is 22.8. The lowest BCUT2D eigenvalue weighted by Crippen LogP contribution is -1.86. The SMILES string of the molecule is CCCCCCCC/C=C/CCCCCCc1nnc(-c2ccco2)o1. The first-order chi connectivity index (χ1) is 12.9. The van der Waals surface area contributed by atoms with E-state index in [-0.39, 0.29) is 0 Å². The summed E-state index contributed by atoms with van der Waals surface area (Å²) in [4.78, 5) is 0. The van der Waals surface area contributed by atoms with Crippen molar-refractivity contribution in [3.8, 4) is 11.7 Å². The van der Waals surface area contributed by atoms with Crippen LogP contribution >= 0.6 is 0 Å². The zero-order valence-corrected chi connectivity index (χ0v) is 16.3. The molecule has 0 saturated heterocycles. The Morgan fingerprint density at radius 3 is 2.23 bits per heavy atom. The number of allylic oxidation sites excluding steroid dienone is 2. The Bertz CT molecular complexity index is 587. The number of furan rings is 1. The standard InChI is InChI=1S/C22H34N2O2/c1-2-3-4-5-6-7-8-9-10-11-12-13-14-15-18-21-23-24-22(26-21)20-17-16-19-25-20/h9-10,16-17,19H,2-8,11-15,18H2,1H3/b10-9+. The van der Waals surface area contributed by atoms with Crippen LogP contribution in [-0.4, -0.2) is 10.2 Å². The molecular weight excluding hydrogens is 324 g/mol. The number of hydrogen-bond donors (Lipinski definition) is 0. The van der Waals surface area contributed by atoms with Crippen molar-refractivity contribution >= 4 is 0 Å². The minimum Gasteiger partial charge on any atom is -0.459 e. The van der Waals surface area contributed by atoms with Gasteiger partial charge in [-0.3, -0.25) is 0 Å². The van der Waals surface area contributed by atoms with E-state index in [0.29, 0.717) is 17.5 Å². The molecule has 0 N–H and O–H groups in total. The Balaban J connectivity index is 1.41. The van der Waals surface area contributed by atoms with E-state index in [4.69, 9.17) is 8.83 Å². The molecule has 4 nitrogen and oxygen atoms in total. The van der Waals surface area contributed by atoms with Crippen LogP contribution < -0.4 is 0 Å². The van der Waals surface area contributed by atoms with Gasteiger partial charge in [-0.25, -0.2) is 0 Å². The van der Waals surface area contributed by atoms with Gasteiger partial charge in [0.2, 0.25) is 5.89 Å². The summed E-state index contributed by atoms with van der Waals surface area (Å²) in [5.41, 5.74) is 0. The topological polar surface area (TPSA) is 52.1 Å². The third-order valence-electron chi connectivity index (χ3n) is 4.60. The Kier molecular flexibility index (Phi) is 10.5. The fourth-order valence-electron chi connectivity index (χ4n) is 3.02. The van der Waals surface area contributed by atoms with Gasteiger partial charge in [0, 0.05) is 6.42 Å². The van der Waals surface area contributed by atoms with E-state index in [1.807, 2.05) is 12.1 Å². The molecule has 0 radical (unpaired) electrons. The van der Waals surface area contributed by atoms with Crippen LogP contribution in [0.2, 0.25) is 0 Å². The van der Waals surface area contributed by atoms with Crippen LogP contribution in [0.25, 0.3) is 11.7 Å². The van der Waals surface area contributed by atoms with Crippen LogP contribution in [-0.2, 0) is 6.42 Å². The third kappa shape index (κ3) is 8.50. The smallest absolute Gasteiger partial charge is 0.283 e. The van der Waals surface area contributed by atoms with Crippen LogP contribution in [0.15, 0.2) is 39.4 Å². The Labute approximate surface area is 158 Å². The van der Waals surface area contributed by atoms with E-state index < -0.39 is 0 Å². The van der Waals surface area contributed by atoms with Crippen LogP contribution in [0.1, 0.15) is 89.9 Å². The summed E-state index contributed by atoms with van der Waals surface area (Å²) >= 11 is 0. The molecule has 144 valence electrons. The molecule has 0 unspecified atom stereocenters. The molecule has 2 heterocycles. The molecule has 0 aliphatic carbocycles. The van der Waals surface area contributed by atoms with Crippen molar-refractivity contribution in [3.05, 3.63) is 36.4 Å². The largest absolute Gasteiger partial charge is 0.459 e. The number of rotatable bonds is 15. The van der Waals surface area contributed by atoms with Gasteiger partial charge in [-0.15, -0.1) is 10.2 Å². The zero-order valence-electron chi connectivity index (χ0n) is 16.3. The van der Waals surface area contributed by atoms with Crippen LogP contribution in [0.5, 0.6) is 0 Å². The molecule has 0 atom stereocenters. The summed E-state index contributed by atoms with van der Waals surface area (Å²) in [7, 11) is 0. The zero-order chi connectivity index (χ0) is 18.3. The van der Waals surface area contributed by atoms with Gasteiger partial charge in [0.1, 0.15) is 0 Å². The molecule has 4 heteroatoms. The van der Waals surface area contributed by atoms with Gasteiger partial charge >= 0.3 is 0 Å². The van der Waals surface area contributed by atoms with Gasteiger partial charge < -0.3 is 8.83 Å². The van der Waals surface area contributed by atoms with E-state index in [9.17, 15) is 0 Å². The van der Waals surface area contributed by atoms with E-state index in [1.165, 1.54) is 70.6 Å². The monoisotopic (exact) mass is 358 g/mol. The normalized spacial score (nSPS) is 11.6. The first-order valence-corrected chi connectivity index (χ1v) is 10.4. The van der Waals surface area contributed by atoms with E-state index in [2.05, 4.69) is 29.3 Å². The molecule has 0 aliphatic rings. The molecular formula is C22H34N2O2. The quantitative estimate of drug-likeness (QED) is 0.251. The lowest BCUT2D eigenvalue weighted by Gasteiger charge is -1.98. The van der Waals surface area contributed by atoms with Crippen molar-refractivity contribution in [2.45, 2.75) is 90.4 Å².